The van der Waals surface area contributed by atoms with Crippen molar-refractivity contribution < 1.29 is 39.9 Å². The molecule has 0 heterocycles. The fourth-order valence-electron chi connectivity index (χ4n) is 5.30. The molecule has 1 fully saturated rings. The second-order valence-electron chi connectivity index (χ2n) is 8.55. The SMILES string of the molecule is CC(=O)C1=C(O)[C@@]2(O)C(=O)C3=C(O)c4c(O)cccc4[C@@H](O)[C@H]3C[C@H]2[C@H](N(C)C)C1=O. The van der Waals surface area contributed by atoms with Gasteiger partial charge in [-0.3, -0.25) is 19.3 Å². The summed E-state index contributed by atoms with van der Waals surface area (Å²) in [6, 6.07) is 3.14. The van der Waals surface area contributed by atoms with Crippen molar-refractivity contribution in [1.29, 1.82) is 0 Å². The highest BCUT2D eigenvalue weighted by Gasteiger charge is 2.64. The van der Waals surface area contributed by atoms with Crippen LogP contribution in [-0.4, -0.2) is 73.5 Å². The summed E-state index contributed by atoms with van der Waals surface area (Å²) in [5.74, 6) is -6.84. The van der Waals surface area contributed by atoms with Crippen LogP contribution in [-0.2, 0) is 14.4 Å². The number of Topliss-reactive ketones (excluding diaryl/α,β-unsaturated/α-hetero) is 3. The number of phenolic OH excluding ortho intramolecular Hbond substituents is 1. The zero-order chi connectivity index (χ0) is 23.0. The largest absolute Gasteiger partial charge is 0.508 e. The van der Waals surface area contributed by atoms with E-state index in [1.54, 1.807) is 14.1 Å². The van der Waals surface area contributed by atoms with Gasteiger partial charge in [-0.15, -0.1) is 0 Å². The van der Waals surface area contributed by atoms with Gasteiger partial charge in [-0.25, -0.2) is 0 Å². The van der Waals surface area contributed by atoms with Crippen LogP contribution in [0.25, 0.3) is 5.76 Å². The average molecular weight is 429 g/mol. The monoisotopic (exact) mass is 429 g/mol. The molecule has 0 aliphatic heterocycles. The van der Waals surface area contributed by atoms with Crippen molar-refractivity contribution in [2.24, 2.45) is 11.8 Å². The number of benzene rings is 1. The molecular weight excluding hydrogens is 406 g/mol. The van der Waals surface area contributed by atoms with Crippen LogP contribution >= 0.6 is 0 Å². The molecule has 0 saturated heterocycles. The van der Waals surface area contributed by atoms with Gasteiger partial charge in [0.2, 0.25) is 5.78 Å². The number of aliphatic hydroxyl groups excluding tert-OH is 3. The summed E-state index contributed by atoms with van der Waals surface area (Å²) in [4.78, 5) is 40.1. The minimum atomic E-state index is -2.65. The maximum absolute atomic E-state index is 13.6. The molecule has 5 atom stereocenters. The van der Waals surface area contributed by atoms with Gasteiger partial charge in [-0.2, -0.15) is 0 Å². The molecule has 0 bridgehead atoms. The van der Waals surface area contributed by atoms with Crippen molar-refractivity contribution in [3.8, 4) is 5.75 Å². The summed E-state index contributed by atoms with van der Waals surface area (Å²) >= 11 is 0. The second-order valence-corrected chi connectivity index (χ2v) is 8.55. The highest BCUT2D eigenvalue weighted by atomic mass is 16.3. The predicted octanol–water partition coefficient (Wildman–Crippen LogP) is 0.559. The first-order valence-electron chi connectivity index (χ1n) is 9.80. The van der Waals surface area contributed by atoms with E-state index in [0.29, 0.717) is 0 Å². The molecule has 4 rings (SSSR count). The standard InChI is InChI=1S/C22H23NO8/c1-8(24)13-19(28)16(23(2)3)11-7-10-15(21(30)22(11,31)20(13)29)18(27)14-9(17(10)26)5-4-6-12(14)25/h4-6,10-11,16-17,25-27,29,31H,7H2,1-3H3/t10-,11-,16-,17+,22+/m0/s1. The molecule has 0 spiro atoms. The molecule has 0 radical (unpaired) electrons. The number of aromatic hydroxyl groups is 1. The molecule has 0 aromatic heterocycles. The van der Waals surface area contributed by atoms with Crippen LogP contribution in [0, 0.1) is 11.8 Å². The number of aliphatic hydroxyl groups is 4. The number of hydrogen-bond donors (Lipinski definition) is 5. The number of ketones is 3. The summed E-state index contributed by atoms with van der Waals surface area (Å²) < 4.78 is 0. The number of phenols is 1. The van der Waals surface area contributed by atoms with Crippen LogP contribution in [0.3, 0.4) is 0 Å². The van der Waals surface area contributed by atoms with Crippen molar-refractivity contribution in [2.75, 3.05) is 14.1 Å². The average Bonchev–Trinajstić information content (AvgIpc) is 2.68. The lowest BCUT2D eigenvalue weighted by Crippen LogP contribution is -2.65. The number of fused-ring (bicyclic) bond motifs is 3. The van der Waals surface area contributed by atoms with Gasteiger partial charge in [0.25, 0.3) is 0 Å². The Labute approximate surface area is 177 Å². The molecule has 0 unspecified atom stereocenters. The predicted molar refractivity (Wildman–Crippen MR) is 107 cm³/mol. The van der Waals surface area contributed by atoms with Crippen LogP contribution in [0.4, 0.5) is 0 Å². The summed E-state index contributed by atoms with van der Waals surface area (Å²) in [5, 5.41) is 54.2. The quantitative estimate of drug-likeness (QED) is 0.424. The minimum Gasteiger partial charge on any atom is -0.508 e. The van der Waals surface area contributed by atoms with E-state index in [9.17, 15) is 39.9 Å². The Morgan fingerprint density at radius 2 is 1.81 bits per heavy atom. The number of carbonyl (C=O) groups excluding carboxylic acids is 3. The molecule has 9 nitrogen and oxygen atoms in total. The van der Waals surface area contributed by atoms with Crippen LogP contribution in [0.15, 0.2) is 35.1 Å². The van der Waals surface area contributed by atoms with Crippen LogP contribution in [0.2, 0.25) is 0 Å². The van der Waals surface area contributed by atoms with E-state index < -0.39 is 64.0 Å². The smallest absolute Gasteiger partial charge is 0.202 e. The minimum absolute atomic E-state index is 0.136. The van der Waals surface area contributed by atoms with Crippen molar-refractivity contribution in [2.45, 2.75) is 31.1 Å². The number of likely N-dealkylation sites (N-methyl/N-ethyl adjacent to an activating group) is 1. The third-order valence-electron chi connectivity index (χ3n) is 6.67. The molecule has 31 heavy (non-hydrogen) atoms. The van der Waals surface area contributed by atoms with E-state index >= 15 is 0 Å². The van der Waals surface area contributed by atoms with Gasteiger partial charge < -0.3 is 25.5 Å². The van der Waals surface area contributed by atoms with E-state index in [-0.39, 0.29) is 28.9 Å². The number of hydrogen-bond acceptors (Lipinski definition) is 9. The maximum Gasteiger partial charge on any atom is 0.202 e. The van der Waals surface area contributed by atoms with Gasteiger partial charge in [0.05, 0.1) is 17.7 Å². The molecule has 5 N–H and O–H groups in total. The van der Waals surface area contributed by atoms with Crippen molar-refractivity contribution in [3.63, 3.8) is 0 Å². The van der Waals surface area contributed by atoms with E-state index in [4.69, 9.17) is 0 Å². The van der Waals surface area contributed by atoms with E-state index in [0.717, 1.165) is 6.92 Å². The number of nitrogens with zero attached hydrogens (tertiary/aromatic N) is 1. The zero-order valence-electron chi connectivity index (χ0n) is 17.2. The van der Waals surface area contributed by atoms with Crippen LogP contribution < -0.4 is 0 Å². The molecular formula is C22H23NO8. The first kappa shape index (κ1) is 21.2. The lowest BCUT2D eigenvalue weighted by Gasteiger charge is -2.51. The van der Waals surface area contributed by atoms with Crippen LogP contribution in [0.1, 0.15) is 30.6 Å². The van der Waals surface area contributed by atoms with Crippen molar-refractivity contribution >= 4 is 23.1 Å². The third kappa shape index (κ3) is 2.57. The van der Waals surface area contributed by atoms with Gasteiger partial charge >= 0.3 is 0 Å². The van der Waals surface area contributed by atoms with E-state index in [2.05, 4.69) is 0 Å². The molecule has 1 aromatic rings. The van der Waals surface area contributed by atoms with Gasteiger partial charge in [-0.1, -0.05) is 12.1 Å². The lowest BCUT2D eigenvalue weighted by molar-refractivity contribution is -0.155. The molecule has 3 aliphatic rings. The number of rotatable bonds is 2. The Morgan fingerprint density at radius 1 is 1.16 bits per heavy atom. The third-order valence-corrected chi connectivity index (χ3v) is 6.67. The molecule has 164 valence electrons. The Hall–Kier alpha value is -3.01. The van der Waals surface area contributed by atoms with Crippen molar-refractivity contribution in [3.05, 3.63) is 46.2 Å². The molecule has 1 saturated carbocycles. The highest BCUT2D eigenvalue weighted by Crippen LogP contribution is 2.55. The first-order chi connectivity index (χ1) is 14.4. The van der Waals surface area contributed by atoms with E-state index in [1.165, 1.54) is 23.1 Å². The maximum atomic E-state index is 13.6. The fraction of sp³-hybridized carbons (Fsp3) is 0.409. The highest BCUT2D eigenvalue weighted by molar-refractivity contribution is 6.25. The van der Waals surface area contributed by atoms with Gasteiger partial charge in [0.15, 0.2) is 17.2 Å². The molecule has 0 amide bonds. The summed E-state index contributed by atoms with van der Waals surface area (Å²) in [6.45, 7) is 1.05. The fourth-order valence-corrected chi connectivity index (χ4v) is 5.30. The van der Waals surface area contributed by atoms with Crippen molar-refractivity contribution in [1.82, 2.24) is 4.90 Å². The Bertz CT molecular complexity index is 1100. The molecule has 9 heteroatoms. The summed E-state index contributed by atoms with van der Waals surface area (Å²) in [5.41, 5.74) is -3.60. The van der Waals surface area contributed by atoms with Gasteiger partial charge in [0.1, 0.15) is 22.8 Å². The molecule has 3 aliphatic carbocycles. The van der Waals surface area contributed by atoms with E-state index in [1.807, 2.05) is 0 Å². The summed E-state index contributed by atoms with van der Waals surface area (Å²) in [7, 11) is 3.09. The van der Waals surface area contributed by atoms with Gasteiger partial charge in [0, 0.05) is 17.4 Å². The summed E-state index contributed by atoms with van der Waals surface area (Å²) in [6.07, 6.45) is -1.44. The normalized spacial score (nSPS) is 32.7. The zero-order valence-corrected chi connectivity index (χ0v) is 17.2. The van der Waals surface area contributed by atoms with Crippen LogP contribution in [0.5, 0.6) is 5.75 Å². The number of carbonyl (C=O) groups is 3. The Kier molecular flexibility index (Phi) is 4.62. The Morgan fingerprint density at radius 3 is 2.39 bits per heavy atom. The topological polar surface area (TPSA) is 156 Å². The van der Waals surface area contributed by atoms with Gasteiger partial charge in [-0.05, 0) is 39.1 Å². The lowest BCUT2D eigenvalue weighted by atomic mass is 9.57. The second kappa shape index (κ2) is 6.74. The first-order valence-corrected chi connectivity index (χ1v) is 9.80. The Balaban J connectivity index is 2.01. The molecule has 1 aromatic carbocycles.